The first-order valence-corrected chi connectivity index (χ1v) is 16.9. The molecule has 1 aliphatic heterocycles. The van der Waals surface area contributed by atoms with Crippen LogP contribution in [-0.4, -0.2) is 40.1 Å². The van der Waals surface area contributed by atoms with E-state index in [9.17, 15) is 9.18 Å². The maximum absolute atomic E-state index is 14.5. The Hall–Kier alpha value is -3.74. The Morgan fingerprint density at radius 2 is 1.96 bits per heavy atom. The number of anilines is 2. The molecule has 2 N–H and O–H groups in total. The fraction of sp³-hybridized carbons (Fsp3) is 0.303. The molecular weight excluding hydrogens is 697 g/mol. The first-order chi connectivity index (χ1) is 22.2. The van der Waals surface area contributed by atoms with Crippen LogP contribution in [0.25, 0.3) is 0 Å². The summed E-state index contributed by atoms with van der Waals surface area (Å²) in [4.78, 5) is 18.9. The second-order valence-electron chi connectivity index (χ2n) is 10.3. The number of nitrogens with one attached hydrogen (secondary N) is 2. The zero-order valence-corrected chi connectivity index (χ0v) is 29.0. The van der Waals surface area contributed by atoms with Gasteiger partial charge in [-0.25, -0.2) is 9.07 Å². The SMILES string of the molecule is CCCCSc1nc2n(n1)C(c1cc(Br)c(OCc3c(F)cccc3Cl)c(OC)c1)C(C(=O)Nc1ccccc1OCC)=C(C)N2. The maximum Gasteiger partial charge on any atom is 0.255 e. The molecule has 0 aliphatic carbocycles. The molecule has 5 rings (SSSR count). The Balaban J connectivity index is 1.55. The summed E-state index contributed by atoms with van der Waals surface area (Å²) in [5.74, 6) is 1.86. The number of para-hydroxylation sites is 2. The van der Waals surface area contributed by atoms with Crippen molar-refractivity contribution < 1.29 is 23.4 Å². The Bertz CT molecular complexity index is 1750. The van der Waals surface area contributed by atoms with Gasteiger partial charge in [-0.05, 0) is 78.2 Å². The third-order valence-corrected chi connectivity index (χ3v) is 9.10. The van der Waals surface area contributed by atoms with E-state index in [1.54, 1.807) is 34.6 Å². The zero-order valence-electron chi connectivity index (χ0n) is 25.8. The minimum atomic E-state index is -0.691. The molecule has 3 aromatic carbocycles. The van der Waals surface area contributed by atoms with Crippen LogP contribution in [0.3, 0.4) is 0 Å². The number of unbranched alkanes of at least 4 members (excludes halogenated alkanes) is 1. The minimum absolute atomic E-state index is 0.120. The molecule has 13 heteroatoms. The molecular formula is C33H34BrClFN5O4S. The van der Waals surface area contributed by atoms with Gasteiger partial charge in [-0.15, -0.1) is 5.10 Å². The van der Waals surface area contributed by atoms with Gasteiger partial charge in [0.2, 0.25) is 11.1 Å². The van der Waals surface area contributed by atoms with Gasteiger partial charge in [0.1, 0.15) is 24.2 Å². The van der Waals surface area contributed by atoms with Crippen molar-refractivity contribution in [2.45, 2.75) is 51.4 Å². The van der Waals surface area contributed by atoms with Crippen molar-refractivity contribution in [2.24, 2.45) is 0 Å². The molecule has 0 saturated heterocycles. The van der Waals surface area contributed by atoms with Crippen molar-refractivity contribution in [1.29, 1.82) is 0 Å². The van der Waals surface area contributed by atoms with Crippen molar-refractivity contribution >= 4 is 56.8 Å². The van der Waals surface area contributed by atoms with Gasteiger partial charge in [0.05, 0.1) is 34.5 Å². The smallest absolute Gasteiger partial charge is 0.255 e. The largest absolute Gasteiger partial charge is 0.493 e. The van der Waals surface area contributed by atoms with Gasteiger partial charge in [0, 0.05) is 17.0 Å². The summed E-state index contributed by atoms with van der Waals surface area (Å²) in [5, 5.41) is 12.0. The molecule has 4 aromatic rings. The molecule has 1 unspecified atom stereocenters. The fourth-order valence-electron chi connectivity index (χ4n) is 5.00. The summed E-state index contributed by atoms with van der Waals surface area (Å²) in [6, 6.07) is 14.7. The normalized spacial score (nSPS) is 14.0. The number of hydrogen-bond acceptors (Lipinski definition) is 8. The number of methoxy groups -OCH3 is 1. The number of carbonyl (C=O) groups excluding carboxylic acids is 1. The van der Waals surface area contributed by atoms with E-state index in [4.69, 9.17) is 35.9 Å². The van der Waals surface area contributed by atoms with Crippen LogP contribution in [0.15, 0.2) is 75.5 Å². The molecule has 2 heterocycles. The molecule has 9 nitrogen and oxygen atoms in total. The number of thioether (sulfide) groups is 1. The molecule has 0 spiro atoms. The highest BCUT2D eigenvalue weighted by molar-refractivity contribution is 9.10. The number of ether oxygens (including phenoxy) is 3. The zero-order chi connectivity index (χ0) is 32.8. The number of nitrogens with zero attached hydrogens (tertiary/aromatic N) is 3. The van der Waals surface area contributed by atoms with E-state index in [0.717, 1.165) is 18.6 Å². The monoisotopic (exact) mass is 729 g/mol. The molecule has 1 atom stereocenters. The first-order valence-electron chi connectivity index (χ1n) is 14.8. The molecule has 0 radical (unpaired) electrons. The van der Waals surface area contributed by atoms with Gasteiger partial charge in [-0.3, -0.25) is 4.79 Å². The lowest BCUT2D eigenvalue weighted by atomic mass is 9.94. The van der Waals surface area contributed by atoms with Crippen molar-refractivity contribution in [2.75, 3.05) is 30.1 Å². The van der Waals surface area contributed by atoms with Gasteiger partial charge in [0.15, 0.2) is 11.5 Å². The number of amides is 1. The van der Waals surface area contributed by atoms with Crippen molar-refractivity contribution in [3.63, 3.8) is 0 Å². The Morgan fingerprint density at radius 3 is 2.70 bits per heavy atom. The van der Waals surface area contributed by atoms with Crippen LogP contribution in [0, 0.1) is 5.82 Å². The molecule has 1 aliphatic rings. The highest BCUT2D eigenvalue weighted by Crippen LogP contribution is 2.44. The van der Waals surface area contributed by atoms with Crippen LogP contribution in [0.5, 0.6) is 17.2 Å². The van der Waals surface area contributed by atoms with Gasteiger partial charge >= 0.3 is 0 Å². The Labute approximate surface area is 285 Å². The van der Waals surface area contributed by atoms with Gasteiger partial charge in [-0.2, -0.15) is 4.98 Å². The highest BCUT2D eigenvalue weighted by Gasteiger charge is 2.36. The van der Waals surface area contributed by atoms with Gasteiger partial charge in [0.25, 0.3) is 5.91 Å². The number of benzene rings is 3. The molecule has 0 saturated carbocycles. The van der Waals surface area contributed by atoms with E-state index >= 15 is 0 Å². The number of fused-ring (bicyclic) bond motifs is 1. The van der Waals surface area contributed by atoms with Crippen molar-refractivity contribution in [3.05, 3.63) is 92.3 Å². The van der Waals surface area contributed by atoms with Crippen LogP contribution >= 0.6 is 39.3 Å². The van der Waals surface area contributed by atoms with Crippen molar-refractivity contribution in [3.8, 4) is 17.2 Å². The predicted molar refractivity (Wildman–Crippen MR) is 183 cm³/mol. The van der Waals surface area contributed by atoms with E-state index in [1.165, 1.54) is 19.2 Å². The quantitative estimate of drug-likeness (QED) is 0.104. The summed E-state index contributed by atoms with van der Waals surface area (Å²) in [6.07, 6.45) is 2.08. The summed E-state index contributed by atoms with van der Waals surface area (Å²) in [5.41, 5.74) is 2.50. The molecule has 1 aromatic heterocycles. The Morgan fingerprint density at radius 1 is 1.15 bits per heavy atom. The summed E-state index contributed by atoms with van der Waals surface area (Å²) >= 11 is 11.4. The number of aromatic nitrogens is 3. The fourth-order valence-corrected chi connectivity index (χ4v) is 6.70. The van der Waals surface area contributed by atoms with E-state index < -0.39 is 11.9 Å². The Kier molecular flexibility index (Phi) is 11.1. The molecule has 242 valence electrons. The summed E-state index contributed by atoms with van der Waals surface area (Å²) in [6.45, 7) is 6.18. The second-order valence-corrected chi connectivity index (χ2v) is 12.7. The molecule has 46 heavy (non-hydrogen) atoms. The second kappa shape index (κ2) is 15.2. The van der Waals surface area contributed by atoms with E-state index in [-0.39, 0.29) is 23.1 Å². The van der Waals surface area contributed by atoms with Crippen molar-refractivity contribution in [1.82, 2.24) is 14.8 Å². The number of allylic oxidation sites excluding steroid dienone is 1. The predicted octanol–water partition coefficient (Wildman–Crippen LogP) is 8.64. The van der Waals surface area contributed by atoms with E-state index in [0.29, 0.717) is 62.0 Å². The number of rotatable bonds is 13. The summed E-state index contributed by atoms with van der Waals surface area (Å²) in [7, 11) is 1.51. The van der Waals surface area contributed by atoms with E-state index in [1.807, 2.05) is 38.1 Å². The van der Waals surface area contributed by atoms with Crippen LogP contribution in [0.4, 0.5) is 16.0 Å². The highest BCUT2D eigenvalue weighted by atomic mass is 79.9. The average Bonchev–Trinajstić information content (AvgIpc) is 3.43. The van der Waals surface area contributed by atoms with Gasteiger partial charge < -0.3 is 24.8 Å². The number of carbonyl (C=O) groups is 1. The molecule has 1 amide bonds. The standard InChI is InChI=1S/C33H34BrClFN5O4S/c1-5-7-15-46-33-39-32-37-19(3)28(31(42)38-25-13-8-9-14-26(25)44-6-2)29(41(32)40-33)20-16-22(34)30(27(17-20)43-4)45-18-21-23(35)11-10-12-24(21)36/h8-14,16-17,29H,5-7,15,18H2,1-4H3,(H,38,42)(H,37,39,40). The lowest BCUT2D eigenvalue weighted by Gasteiger charge is -2.29. The number of halogens is 3. The third kappa shape index (κ3) is 7.29. The van der Waals surface area contributed by atoms with Gasteiger partial charge in [-0.1, -0.05) is 54.9 Å². The first kappa shape index (κ1) is 33.6. The maximum atomic E-state index is 14.5. The molecule has 0 bridgehead atoms. The average molecular weight is 731 g/mol. The third-order valence-electron chi connectivity index (χ3n) is 7.23. The number of hydrogen-bond donors (Lipinski definition) is 2. The lowest BCUT2D eigenvalue weighted by Crippen LogP contribution is -2.31. The summed E-state index contributed by atoms with van der Waals surface area (Å²) < 4.78 is 34.3. The lowest BCUT2D eigenvalue weighted by molar-refractivity contribution is -0.113. The van der Waals surface area contributed by atoms with E-state index in [2.05, 4.69) is 33.5 Å². The minimum Gasteiger partial charge on any atom is -0.493 e. The topological polar surface area (TPSA) is 99.5 Å². The van der Waals surface area contributed by atoms with Crippen LogP contribution in [-0.2, 0) is 11.4 Å². The van der Waals surface area contributed by atoms with Crippen LogP contribution in [0.2, 0.25) is 5.02 Å². The van der Waals surface area contributed by atoms with Crippen LogP contribution in [0.1, 0.15) is 50.8 Å². The molecule has 0 fully saturated rings. The van der Waals surface area contributed by atoms with Crippen LogP contribution < -0.4 is 24.8 Å².